The molecule has 0 saturated heterocycles. The van der Waals surface area contributed by atoms with Crippen molar-refractivity contribution in [3.8, 4) is 0 Å². The summed E-state index contributed by atoms with van der Waals surface area (Å²) in [4.78, 5) is 8.45. The highest BCUT2D eigenvalue weighted by molar-refractivity contribution is 7.99. The van der Waals surface area contributed by atoms with E-state index in [0.717, 1.165) is 25.1 Å². The first-order chi connectivity index (χ1) is 15.6. The zero-order valence-corrected chi connectivity index (χ0v) is 19.2. The summed E-state index contributed by atoms with van der Waals surface area (Å²) < 4.78 is 17.9. The normalized spacial score (nSPS) is 10.7. The number of aromatic nitrogens is 2. The third kappa shape index (κ3) is 6.47. The lowest BCUT2D eigenvalue weighted by Gasteiger charge is -2.15. The largest absolute Gasteiger partial charge is 0.383 e. The molecule has 0 radical (unpaired) electrons. The van der Waals surface area contributed by atoms with E-state index in [9.17, 15) is 4.39 Å². The van der Waals surface area contributed by atoms with Crippen molar-refractivity contribution in [1.29, 1.82) is 0 Å². The van der Waals surface area contributed by atoms with Crippen LogP contribution < -0.4 is 15.8 Å². The number of unbranched alkanes of at least 4 members (excludes halogenated alkanes) is 3. The molecule has 0 unspecified atom stereocenters. The third-order valence-corrected chi connectivity index (χ3v) is 5.92. The number of nitrogens with one attached hydrogen (secondary N) is 2. The van der Waals surface area contributed by atoms with Gasteiger partial charge in [0.25, 0.3) is 0 Å². The quantitative estimate of drug-likeness (QED) is 0.215. The molecule has 0 saturated carbocycles. The average Bonchev–Trinajstić information content (AvgIpc) is 2.80. The van der Waals surface area contributed by atoms with E-state index in [1.54, 1.807) is 6.07 Å². The van der Waals surface area contributed by atoms with Crippen LogP contribution in [0.25, 0.3) is 5.57 Å². The Balaban J connectivity index is 1.67. The zero-order valence-electron chi connectivity index (χ0n) is 18.4. The maximum absolute atomic E-state index is 14.8. The van der Waals surface area contributed by atoms with E-state index in [1.807, 2.05) is 36.4 Å². The first-order valence-corrected chi connectivity index (χ1v) is 11.8. The summed E-state index contributed by atoms with van der Waals surface area (Å²) in [5, 5.41) is 3.33. The van der Waals surface area contributed by atoms with Crippen molar-refractivity contribution < 1.29 is 4.39 Å². The number of hydrogen-bond acceptors (Lipinski definition) is 6. The molecule has 0 aliphatic heterocycles. The van der Waals surface area contributed by atoms with Gasteiger partial charge in [0.2, 0.25) is 0 Å². The maximum Gasteiger partial charge on any atom is 0.147 e. The molecule has 168 valence electrons. The van der Waals surface area contributed by atoms with Gasteiger partial charge in [-0.15, -0.1) is 0 Å². The van der Waals surface area contributed by atoms with Gasteiger partial charge < -0.3 is 15.8 Å². The fourth-order valence-corrected chi connectivity index (χ4v) is 4.04. The smallest absolute Gasteiger partial charge is 0.147 e. The van der Waals surface area contributed by atoms with Crippen molar-refractivity contribution >= 4 is 34.8 Å². The highest BCUT2D eigenvalue weighted by Gasteiger charge is 2.15. The Labute approximate surface area is 193 Å². The van der Waals surface area contributed by atoms with E-state index < -0.39 is 0 Å². The van der Waals surface area contributed by atoms with Gasteiger partial charge in [-0.2, -0.15) is 0 Å². The number of rotatable bonds is 12. The van der Waals surface area contributed by atoms with Crippen LogP contribution in [0.2, 0.25) is 0 Å². The number of nitrogen functional groups attached to an aromatic ring is 1. The van der Waals surface area contributed by atoms with Crippen LogP contribution in [-0.2, 0) is 5.75 Å². The Morgan fingerprint density at radius 2 is 1.91 bits per heavy atom. The van der Waals surface area contributed by atoms with Gasteiger partial charge >= 0.3 is 0 Å². The highest BCUT2D eigenvalue weighted by Crippen LogP contribution is 2.32. The standard InChI is InChI=1S/C25H30FN5S/c1-3-4-5-9-14-28-25-23(24(27)29-17-30-25)18(2)20-12-13-22(21(26)15-20)31-32-16-19-10-7-6-8-11-19/h6-8,10-13,15,17,31H,2-5,9,14,16H2,1H3,(H3,27,28,29,30). The van der Waals surface area contributed by atoms with Crippen molar-refractivity contribution in [2.24, 2.45) is 0 Å². The summed E-state index contributed by atoms with van der Waals surface area (Å²) in [5.41, 5.74) is 9.57. The van der Waals surface area contributed by atoms with Gasteiger partial charge in [0.05, 0.1) is 11.3 Å². The van der Waals surface area contributed by atoms with Crippen LogP contribution in [0.1, 0.15) is 49.3 Å². The second kappa shape index (κ2) is 12.1. The van der Waals surface area contributed by atoms with Crippen molar-refractivity contribution in [2.75, 3.05) is 22.3 Å². The van der Waals surface area contributed by atoms with Crippen molar-refractivity contribution in [3.05, 3.63) is 83.9 Å². The Hall–Kier alpha value is -3.06. The van der Waals surface area contributed by atoms with Gasteiger partial charge in [0.1, 0.15) is 23.8 Å². The summed E-state index contributed by atoms with van der Waals surface area (Å²) >= 11 is 1.44. The summed E-state index contributed by atoms with van der Waals surface area (Å²) in [7, 11) is 0. The number of hydrogen-bond donors (Lipinski definition) is 3. The van der Waals surface area contributed by atoms with Crippen LogP contribution in [0.3, 0.4) is 0 Å². The summed E-state index contributed by atoms with van der Waals surface area (Å²) in [5.74, 6) is 1.33. The van der Waals surface area contributed by atoms with Crippen LogP contribution in [-0.4, -0.2) is 16.5 Å². The summed E-state index contributed by atoms with van der Waals surface area (Å²) in [6.45, 7) is 7.12. The molecule has 2 aromatic carbocycles. The van der Waals surface area contributed by atoms with Crippen LogP contribution in [0, 0.1) is 5.82 Å². The molecule has 3 aromatic rings. The SMILES string of the molecule is C=C(c1ccc(NSCc2ccccc2)c(F)c1)c1c(N)ncnc1NCCCCCC. The van der Waals surface area contributed by atoms with E-state index in [2.05, 4.69) is 33.5 Å². The number of nitrogens with two attached hydrogens (primary N) is 1. The van der Waals surface area contributed by atoms with Crippen LogP contribution in [0.4, 0.5) is 21.7 Å². The Morgan fingerprint density at radius 3 is 2.66 bits per heavy atom. The molecule has 0 aliphatic carbocycles. The second-order valence-corrected chi connectivity index (χ2v) is 8.30. The first-order valence-electron chi connectivity index (χ1n) is 10.9. The van der Waals surface area contributed by atoms with Crippen LogP contribution in [0.5, 0.6) is 0 Å². The topological polar surface area (TPSA) is 75.9 Å². The van der Waals surface area contributed by atoms with Gasteiger partial charge in [0.15, 0.2) is 0 Å². The van der Waals surface area contributed by atoms with Gasteiger partial charge in [-0.3, -0.25) is 0 Å². The molecule has 0 bridgehead atoms. The summed E-state index contributed by atoms with van der Waals surface area (Å²) in [6.07, 6.45) is 6.01. The van der Waals surface area contributed by atoms with E-state index in [1.165, 1.54) is 42.7 Å². The van der Waals surface area contributed by atoms with Gasteiger partial charge in [0, 0.05) is 12.3 Å². The fraction of sp³-hybridized carbons (Fsp3) is 0.280. The Morgan fingerprint density at radius 1 is 1.09 bits per heavy atom. The fourth-order valence-electron chi connectivity index (χ4n) is 3.29. The van der Waals surface area contributed by atoms with E-state index in [0.29, 0.717) is 34.0 Å². The number of anilines is 3. The highest BCUT2D eigenvalue weighted by atomic mass is 32.2. The van der Waals surface area contributed by atoms with Crippen molar-refractivity contribution in [1.82, 2.24) is 9.97 Å². The molecule has 0 fully saturated rings. The molecule has 1 aromatic heterocycles. The lowest BCUT2D eigenvalue weighted by molar-refractivity contribution is 0.632. The molecule has 0 atom stereocenters. The van der Waals surface area contributed by atoms with Gasteiger partial charge in [-0.1, -0.05) is 69.2 Å². The summed E-state index contributed by atoms with van der Waals surface area (Å²) in [6, 6.07) is 15.0. The maximum atomic E-state index is 14.8. The predicted octanol–water partition coefficient (Wildman–Crippen LogP) is 6.51. The Bertz CT molecular complexity index is 1030. The molecule has 0 aliphatic rings. The molecule has 32 heavy (non-hydrogen) atoms. The first kappa shape index (κ1) is 23.6. The molecule has 1 heterocycles. The minimum atomic E-state index is -0.353. The lowest BCUT2D eigenvalue weighted by Crippen LogP contribution is -2.09. The molecular formula is C25H30FN5S. The molecular weight excluding hydrogens is 421 g/mol. The molecule has 4 N–H and O–H groups in total. The third-order valence-electron chi connectivity index (χ3n) is 5.08. The van der Waals surface area contributed by atoms with Crippen LogP contribution >= 0.6 is 11.9 Å². The van der Waals surface area contributed by atoms with E-state index in [4.69, 9.17) is 5.73 Å². The molecule has 3 rings (SSSR count). The van der Waals surface area contributed by atoms with E-state index in [-0.39, 0.29) is 5.82 Å². The number of nitrogens with zero attached hydrogens (tertiary/aromatic N) is 2. The molecule has 0 spiro atoms. The van der Waals surface area contributed by atoms with Gasteiger partial charge in [-0.25, -0.2) is 14.4 Å². The minimum Gasteiger partial charge on any atom is -0.383 e. The average molecular weight is 452 g/mol. The molecule has 5 nitrogen and oxygen atoms in total. The number of benzene rings is 2. The number of halogens is 1. The minimum absolute atomic E-state index is 0.321. The second-order valence-electron chi connectivity index (χ2n) is 7.52. The lowest BCUT2D eigenvalue weighted by atomic mass is 9.99. The van der Waals surface area contributed by atoms with Crippen molar-refractivity contribution in [2.45, 2.75) is 38.4 Å². The predicted molar refractivity (Wildman–Crippen MR) is 135 cm³/mol. The van der Waals surface area contributed by atoms with E-state index >= 15 is 0 Å². The molecule has 0 amide bonds. The van der Waals surface area contributed by atoms with Gasteiger partial charge in [-0.05, 0) is 47.2 Å². The van der Waals surface area contributed by atoms with Crippen LogP contribution in [0.15, 0.2) is 61.4 Å². The Kier molecular flexibility index (Phi) is 8.92. The molecule has 7 heteroatoms. The monoisotopic (exact) mass is 451 g/mol. The zero-order chi connectivity index (χ0) is 22.8. The van der Waals surface area contributed by atoms with Crippen molar-refractivity contribution in [3.63, 3.8) is 0 Å².